The van der Waals surface area contributed by atoms with Crippen LogP contribution in [0.1, 0.15) is 21.5 Å². The lowest BCUT2D eigenvalue weighted by molar-refractivity contribution is 0.0955. The summed E-state index contributed by atoms with van der Waals surface area (Å²) in [4.78, 5) is 12.4. The van der Waals surface area contributed by atoms with E-state index in [1.165, 1.54) is 6.07 Å². The second-order valence-electron chi connectivity index (χ2n) is 6.80. The molecule has 0 unspecified atom stereocenters. The van der Waals surface area contributed by atoms with Gasteiger partial charge in [-0.05, 0) is 40.6 Å². The average Bonchev–Trinajstić information content (AvgIpc) is 2.79. The van der Waals surface area contributed by atoms with Crippen molar-refractivity contribution < 1.29 is 9.53 Å². The van der Waals surface area contributed by atoms with E-state index in [-0.39, 0.29) is 5.02 Å². The second-order valence-corrected chi connectivity index (χ2v) is 7.64. The summed E-state index contributed by atoms with van der Waals surface area (Å²) >= 11 is 12.0. The standard InChI is InChI=1S/C25H18Cl2N2O2/c26-19-11-12-21(23(27)14-19)25(30)29-28-15-22-20-9-5-4-8-18(20)10-13-24(22)31-16-17-6-2-1-3-7-17/h1-15H,16H2,(H,29,30)/b28-15+. The van der Waals surface area contributed by atoms with Crippen LogP contribution in [-0.4, -0.2) is 12.1 Å². The van der Waals surface area contributed by atoms with E-state index in [1.807, 2.05) is 66.7 Å². The van der Waals surface area contributed by atoms with Crippen LogP contribution in [0.2, 0.25) is 10.0 Å². The van der Waals surface area contributed by atoms with Crippen molar-refractivity contribution in [1.82, 2.24) is 5.43 Å². The molecule has 6 heteroatoms. The van der Waals surface area contributed by atoms with E-state index in [2.05, 4.69) is 10.5 Å². The van der Waals surface area contributed by atoms with E-state index in [1.54, 1.807) is 18.3 Å². The summed E-state index contributed by atoms with van der Waals surface area (Å²) in [6.07, 6.45) is 1.59. The van der Waals surface area contributed by atoms with Gasteiger partial charge in [0.05, 0.1) is 16.8 Å². The molecule has 0 aliphatic carbocycles. The maximum absolute atomic E-state index is 12.4. The molecule has 0 aliphatic heterocycles. The van der Waals surface area contributed by atoms with Crippen molar-refractivity contribution >= 4 is 46.1 Å². The van der Waals surface area contributed by atoms with E-state index in [9.17, 15) is 4.79 Å². The Kier molecular flexibility index (Phi) is 6.51. The highest BCUT2D eigenvalue weighted by atomic mass is 35.5. The van der Waals surface area contributed by atoms with Crippen LogP contribution in [0.25, 0.3) is 10.8 Å². The molecule has 0 bridgehead atoms. The molecule has 4 rings (SSSR count). The molecule has 0 saturated carbocycles. The predicted octanol–water partition coefficient (Wildman–Crippen LogP) is 6.49. The predicted molar refractivity (Wildman–Crippen MR) is 126 cm³/mol. The lowest BCUT2D eigenvalue weighted by atomic mass is 10.0. The molecule has 4 nitrogen and oxygen atoms in total. The van der Waals surface area contributed by atoms with Gasteiger partial charge in [0.25, 0.3) is 5.91 Å². The Labute approximate surface area is 190 Å². The van der Waals surface area contributed by atoms with Crippen molar-refractivity contribution in [2.45, 2.75) is 6.61 Å². The van der Waals surface area contributed by atoms with Crippen LogP contribution in [-0.2, 0) is 6.61 Å². The van der Waals surface area contributed by atoms with Gasteiger partial charge in [0.15, 0.2) is 0 Å². The first-order chi connectivity index (χ1) is 15.1. The molecule has 31 heavy (non-hydrogen) atoms. The summed E-state index contributed by atoms with van der Waals surface area (Å²) in [5, 5.41) is 6.88. The van der Waals surface area contributed by atoms with Gasteiger partial charge in [-0.2, -0.15) is 5.10 Å². The minimum Gasteiger partial charge on any atom is -0.488 e. The second kappa shape index (κ2) is 9.65. The van der Waals surface area contributed by atoms with Gasteiger partial charge in [0.2, 0.25) is 0 Å². The fourth-order valence-corrected chi connectivity index (χ4v) is 3.65. The quantitative estimate of drug-likeness (QED) is 0.270. The monoisotopic (exact) mass is 448 g/mol. The highest BCUT2D eigenvalue weighted by Crippen LogP contribution is 2.27. The first-order valence-corrected chi connectivity index (χ1v) is 10.3. The summed E-state index contributed by atoms with van der Waals surface area (Å²) in [5.41, 5.74) is 4.65. The number of benzene rings is 4. The smallest absolute Gasteiger partial charge is 0.272 e. The number of hydrazone groups is 1. The third-order valence-corrected chi connectivity index (χ3v) is 5.25. The molecular weight excluding hydrogens is 431 g/mol. The summed E-state index contributed by atoms with van der Waals surface area (Å²) in [6.45, 7) is 0.423. The maximum Gasteiger partial charge on any atom is 0.272 e. The van der Waals surface area contributed by atoms with E-state index in [0.29, 0.717) is 22.9 Å². The molecule has 0 fully saturated rings. The van der Waals surface area contributed by atoms with E-state index >= 15 is 0 Å². The van der Waals surface area contributed by atoms with Crippen LogP contribution in [0.4, 0.5) is 0 Å². The first kappa shape index (κ1) is 20.9. The normalized spacial score (nSPS) is 11.0. The minimum atomic E-state index is -0.426. The Bertz CT molecular complexity index is 1260. The Balaban J connectivity index is 1.59. The topological polar surface area (TPSA) is 50.7 Å². The van der Waals surface area contributed by atoms with Gasteiger partial charge >= 0.3 is 0 Å². The van der Waals surface area contributed by atoms with E-state index in [0.717, 1.165) is 21.9 Å². The average molecular weight is 449 g/mol. The number of hydrogen-bond acceptors (Lipinski definition) is 3. The van der Waals surface area contributed by atoms with Gasteiger partial charge in [-0.15, -0.1) is 0 Å². The maximum atomic E-state index is 12.4. The van der Waals surface area contributed by atoms with Crippen molar-refractivity contribution in [2.75, 3.05) is 0 Å². The molecule has 0 atom stereocenters. The number of fused-ring (bicyclic) bond motifs is 1. The van der Waals surface area contributed by atoms with Gasteiger partial charge in [0.1, 0.15) is 12.4 Å². The SMILES string of the molecule is O=C(N/N=C/c1c(OCc2ccccc2)ccc2ccccc12)c1ccc(Cl)cc1Cl. The van der Waals surface area contributed by atoms with Crippen molar-refractivity contribution in [3.8, 4) is 5.75 Å². The molecule has 1 N–H and O–H groups in total. The summed E-state index contributed by atoms with van der Waals surface area (Å²) in [6, 6.07) is 26.4. The highest BCUT2D eigenvalue weighted by Gasteiger charge is 2.11. The Hall–Kier alpha value is -3.34. The fourth-order valence-electron chi connectivity index (χ4n) is 3.16. The number of carbonyl (C=O) groups is 1. The number of hydrogen-bond donors (Lipinski definition) is 1. The van der Waals surface area contributed by atoms with E-state index < -0.39 is 5.91 Å². The van der Waals surface area contributed by atoms with Crippen LogP contribution in [0.3, 0.4) is 0 Å². The van der Waals surface area contributed by atoms with Gasteiger partial charge in [-0.25, -0.2) is 5.43 Å². The molecule has 0 radical (unpaired) electrons. The largest absolute Gasteiger partial charge is 0.488 e. The summed E-state index contributed by atoms with van der Waals surface area (Å²) in [7, 11) is 0. The number of nitrogens with one attached hydrogen (secondary N) is 1. The number of nitrogens with zero attached hydrogens (tertiary/aromatic N) is 1. The molecule has 4 aromatic rings. The van der Waals surface area contributed by atoms with Crippen molar-refractivity contribution in [1.29, 1.82) is 0 Å². The van der Waals surface area contributed by atoms with Crippen molar-refractivity contribution in [3.63, 3.8) is 0 Å². The van der Waals surface area contributed by atoms with Crippen LogP contribution in [0, 0.1) is 0 Å². The van der Waals surface area contributed by atoms with Gasteiger partial charge < -0.3 is 4.74 Å². The first-order valence-electron chi connectivity index (χ1n) is 9.59. The third kappa shape index (κ3) is 5.05. The van der Waals surface area contributed by atoms with Gasteiger partial charge in [0, 0.05) is 10.6 Å². The third-order valence-electron chi connectivity index (χ3n) is 4.70. The number of amides is 1. The van der Waals surface area contributed by atoms with Crippen molar-refractivity contribution in [2.24, 2.45) is 5.10 Å². The summed E-state index contributed by atoms with van der Waals surface area (Å²) < 4.78 is 6.07. The highest BCUT2D eigenvalue weighted by molar-refractivity contribution is 6.36. The molecule has 0 saturated heterocycles. The van der Waals surface area contributed by atoms with Crippen LogP contribution >= 0.6 is 23.2 Å². The lowest BCUT2D eigenvalue weighted by Gasteiger charge is -2.12. The molecule has 1 amide bonds. The molecule has 4 aromatic carbocycles. The van der Waals surface area contributed by atoms with Crippen LogP contribution < -0.4 is 10.2 Å². The van der Waals surface area contributed by atoms with Crippen LogP contribution in [0.5, 0.6) is 5.75 Å². The number of rotatable bonds is 6. The molecule has 0 aromatic heterocycles. The Morgan fingerprint density at radius 1 is 0.935 bits per heavy atom. The Morgan fingerprint density at radius 3 is 2.52 bits per heavy atom. The van der Waals surface area contributed by atoms with Gasteiger partial charge in [-0.3, -0.25) is 4.79 Å². The number of carbonyl (C=O) groups excluding carboxylic acids is 1. The zero-order valence-electron chi connectivity index (χ0n) is 16.4. The van der Waals surface area contributed by atoms with Gasteiger partial charge in [-0.1, -0.05) is 83.9 Å². The molecule has 0 heterocycles. The molecule has 0 spiro atoms. The zero-order chi connectivity index (χ0) is 21.6. The van der Waals surface area contributed by atoms with Crippen LogP contribution in [0.15, 0.2) is 90.0 Å². The van der Waals surface area contributed by atoms with Crippen molar-refractivity contribution in [3.05, 3.63) is 112 Å². The summed E-state index contributed by atoms with van der Waals surface area (Å²) in [5.74, 6) is 0.245. The molecule has 154 valence electrons. The zero-order valence-corrected chi connectivity index (χ0v) is 17.9. The Morgan fingerprint density at radius 2 is 1.71 bits per heavy atom. The number of ether oxygens (including phenoxy) is 1. The van der Waals surface area contributed by atoms with E-state index in [4.69, 9.17) is 27.9 Å². The molecule has 0 aliphatic rings. The number of halogens is 2. The molecular formula is C25H18Cl2N2O2. The minimum absolute atomic E-state index is 0.261. The fraction of sp³-hybridized carbons (Fsp3) is 0.0400. The lowest BCUT2D eigenvalue weighted by Crippen LogP contribution is -2.18.